The van der Waals surface area contributed by atoms with Gasteiger partial charge in [-0.3, -0.25) is 4.79 Å². The van der Waals surface area contributed by atoms with E-state index in [1.54, 1.807) is 11.8 Å². The molecule has 5 heteroatoms. The van der Waals surface area contributed by atoms with Crippen LogP contribution in [0.1, 0.15) is 0 Å². The molecule has 0 aromatic heterocycles. The summed E-state index contributed by atoms with van der Waals surface area (Å²) in [5, 5.41) is 5.99. The molecule has 0 bridgehead atoms. The zero-order chi connectivity index (χ0) is 11.8. The lowest BCUT2D eigenvalue weighted by Crippen LogP contribution is -2.43. The third-order valence-electron chi connectivity index (χ3n) is 2.52. The fraction of sp³-hybridized carbons (Fsp3) is 0.727. The summed E-state index contributed by atoms with van der Waals surface area (Å²) in [6, 6.07) is 0.137. The number of hydrogen-bond acceptors (Lipinski definition) is 4. The monoisotopic (exact) mass is 242 g/mol. The Morgan fingerprint density at radius 1 is 1.62 bits per heavy atom. The molecule has 1 aliphatic rings. The third-order valence-corrected chi connectivity index (χ3v) is 3.38. The lowest BCUT2D eigenvalue weighted by Gasteiger charge is -2.16. The number of carbonyl (C=O) groups excluding carboxylic acids is 1. The SMILES string of the molecule is C#CCSCCNC(=O)C1COCC1NC. The Bertz CT molecular complexity index is 265. The van der Waals surface area contributed by atoms with Gasteiger partial charge in [0.25, 0.3) is 0 Å². The maximum Gasteiger partial charge on any atom is 0.227 e. The first-order chi connectivity index (χ1) is 7.79. The van der Waals surface area contributed by atoms with Crippen LogP contribution in [0.2, 0.25) is 0 Å². The Labute approximate surface area is 101 Å². The van der Waals surface area contributed by atoms with E-state index in [0.717, 1.165) is 5.75 Å². The van der Waals surface area contributed by atoms with Crippen LogP contribution in [0.25, 0.3) is 0 Å². The van der Waals surface area contributed by atoms with Gasteiger partial charge in [-0.05, 0) is 7.05 Å². The highest BCUT2D eigenvalue weighted by Gasteiger charge is 2.32. The molecular weight excluding hydrogens is 224 g/mol. The fourth-order valence-corrected chi connectivity index (χ4v) is 2.11. The number of terminal acetylenes is 1. The van der Waals surface area contributed by atoms with Crippen LogP contribution in [0.4, 0.5) is 0 Å². The van der Waals surface area contributed by atoms with Crippen molar-refractivity contribution in [3.05, 3.63) is 0 Å². The molecule has 1 heterocycles. The first-order valence-corrected chi connectivity index (χ1v) is 6.49. The van der Waals surface area contributed by atoms with Gasteiger partial charge in [0.15, 0.2) is 0 Å². The summed E-state index contributed by atoms with van der Waals surface area (Å²) in [5.41, 5.74) is 0. The van der Waals surface area contributed by atoms with Gasteiger partial charge >= 0.3 is 0 Å². The van der Waals surface area contributed by atoms with Gasteiger partial charge in [-0.15, -0.1) is 18.2 Å². The van der Waals surface area contributed by atoms with Crippen molar-refractivity contribution in [3.8, 4) is 12.3 Å². The van der Waals surface area contributed by atoms with Crippen molar-refractivity contribution < 1.29 is 9.53 Å². The number of thioether (sulfide) groups is 1. The van der Waals surface area contributed by atoms with Gasteiger partial charge in [0.05, 0.1) is 24.9 Å². The number of likely N-dealkylation sites (N-methyl/N-ethyl adjacent to an activating group) is 1. The minimum Gasteiger partial charge on any atom is -0.379 e. The molecule has 0 aliphatic carbocycles. The molecule has 0 aromatic carbocycles. The van der Waals surface area contributed by atoms with E-state index < -0.39 is 0 Å². The predicted octanol–water partition coefficient (Wildman–Crippen LogP) is -0.297. The van der Waals surface area contributed by atoms with Gasteiger partial charge in [0.1, 0.15) is 0 Å². The maximum atomic E-state index is 11.8. The van der Waals surface area contributed by atoms with Crippen molar-refractivity contribution in [2.75, 3.05) is 38.3 Å². The molecule has 16 heavy (non-hydrogen) atoms. The van der Waals surface area contributed by atoms with Gasteiger partial charge in [0, 0.05) is 18.3 Å². The number of carbonyl (C=O) groups is 1. The molecule has 1 amide bonds. The van der Waals surface area contributed by atoms with E-state index in [1.807, 2.05) is 7.05 Å². The molecule has 0 spiro atoms. The summed E-state index contributed by atoms with van der Waals surface area (Å²) < 4.78 is 5.27. The van der Waals surface area contributed by atoms with Gasteiger partial charge in [0.2, 0.25) is 5.91 Å². The van der Waals surface area contributed by atoms with Crippen LogP contribution < -0.4 is 10.6 Å². The summed E-state index contributed by atoms with van der Waals surface area (Å²) in [4.78, 5) is 11.8. The Hall–Kier alpha value is -0.700. The Balaban J connectivity index is 2.17. The Morgan fingerprint density at radius 3 is 3.12 bits per heavy atom. The molecule has 0 aromatic rings. The topological polar surface area (TPSA) is 50.4 Å². The average Bonchev–Trinajstić information content (AvgIpc) is 2.76. The second-order valence-electron chi connectivity index (χ2n) is 3.59. The van der Waals surface area contributed by atoms with Crippen LogP contribution in [-0.2, 0) is 9.53 Å². The quantitative estimate of drug-likeness (QED) is 0.496. The molecule has 2 atom stereocenters. The van der Waals surface area contributed by atoms with Crippen molar-refractivity contribution in [2.24, 2.45) is 5.92 Å². The Morgan fingerprint density at radius 2 is 2.44 bits per heavy atom. The molecule has 2 unspecified atom stereocenters. The molecule has 2 N–H and O–H groups in total. The standard InChI is InChI=1S/C11H18N2O2S/c1-3-5-16-6-4-13-11(14)9-7-15-8-10(9)12-2/h1,9-10,12H,4-8H2,2H3,(H,13,14). The maximum absolute atomic E-state index is 11.8. The lowest BCUT2D eigenvalue weighted by atomic mass is 10.0. The highest BCUT2D eigenvalue weighted by molar-refractivity contribution is 7.99. The van der Waals surface area contributed by atoms with Crippen LogP contribution in [0.3, 0.4) is 0 Å². The van der Waals surface area contributed by atoms with E-state index in [1.165, 1.54) is 0 Å². The van der Waals surface area contributed by atoms with Crippen LogP contribution in [0.15, 0.2) is 0 Å². The highest BCUT2D eigenvalue weighted by atomic mass is 32.2. The van der Waals surface area contributed by atoms with Gasteiger partial charge in [-0.2, -0.15) is 0 Å². The summed E-state index contributed by atoms with van der Waals surface area (Å²) in [5.74, 6) is 4.10. The number of amides is 1. The lowest BCUT2D eigenvalue weighted by molar-refractivity contribution is -0.125. The van der Waals surface area contributed by atoms with Crippen LogP contribution in [0.5, 0.6) is 0 Å². The largest absolute Gasteiger partial charge is 0.379 e. The molecule has 0 radical (unpaired) electrons. The first-order valence-electron chi connectivity index (χ1n) is 5.33. The van der Waals surface area contributed by atoms with Crippen LogP contribution >= 0.6 is 11.8 Å². The van der Waals surface area contributed by atoms with Crippen LogP contribution in [-0.4, -0.2) is 50.3 Å². The zero-order valence-electron chi connectivity index (χ0n) is 9.49. The van der Waals surface area contributed by atoms with Crippen molar-refractivity contribution in [1.29, 1.82) is 0 Å². The third kappa shape index (κ3) is 4.05. The number of rotatable bonds is 6. The number of hydrogen-bond donors (Lipinski definition) is 2. The minimum atomic E-state index is -0.0670. The number of nitrogens with one attached hydrogen (secondary N) is 2. The molecule has 4 nitrogen and oxygen atoms in total. The molecule has 0 saturated carbocycles. The van der Waals surface area contributed by atoms with Crippen molar-refractivity contribution in [1.82, 2.24) is 10.6 Å². The van der Waals surface area contributed by atoms with E-state index in [-0.39, 0.29) is 17.9 Å². The average molecular weight is 242 g/mol. The zero-order valence-corrected chi connectivity index (χ0v) is 10.3. The Kier molecular flexibility index (Phi) is 6.31. The van der Waals surface area contributed by atoms with E-state index in [0.29, 0.717) is 25.5 Å². The van der Waals surface area contributed by atoms with Crippen molar-refractivity contribution in [3.63, 3.8) is 0 Å². The molecule has 1 rings (SSSR count). The summed E-state index contributed by atoms with van der Waals surface area (Å²) in [6.07, 6.45) is 5.12. The van der Waals surface area contributed by atoms with E-state index in [2.05, 4.69) is 16.6 Å². The van der Waals surface area contributed by atoms with Crippen molar-refractivity contribution >= 4 is 17.7 Å². The fourth-order valence-electron chi connectivity index (χ4n) is 1.61. The molecule has 90 valence electrons. The minimum absolute atomic E-state index is 0.0670. The van der Waals surface area contributed by atoms with E-state index in [4.69, 9.17) is 11.2 Å². The van der Waals surface area contributed by atoms with E-state index in [9.17, 15) is 4.79 Å². The summed E-state index contributed by atoms with van der Waals surface area (Å²) >= 11 is 1.65. The summed E-state index contributed by atoms with van der Waals surface area (Å²) in [7, 11) is 1.85. The van der Waals surface area contributed by atoms with Crippen LogP contribution in [0, 0.1) is 18.3 Å². The summed E-state index contributed by atoms with van der Waals surface area (Å²) in [6.45, 7) is 1.79. The second kappa shape index (κ2) is 7.55. The molecular formula is C11H18N2O2S. The molecule has 1 saturated heterocycles. The van der Waals surface area contributed by atoms with Crippen molar-refractivity contribution in [2.45, 2.75) is 6.04 Å². The number of ether oxygens (including phenoxy) is 1. The highest BCUT2D eigenvalue weighted by Crippen LogP contribution is 2.13. The van der Waals surface area contributed by atoms with Gasteiger partial charge in [-0.25, -0.2) is 0 Å². The van der Waals surface area contributed by atoms with E-state index >= 15 is 0 Å². The smallest absolute Gasteiger partial charge is 0.227 e. The van der Waals surface area contributed by atoms with Gasteiger partial charge < -0.3 is 15.4 Å². The molecule has 1 fully saturated rings. The van der Waals surface area contributed by atoms with Gasteiger partial charge in [-0.1, -0.05) is 5.92 Å². The predicted molar refractivity (Wildman–Crippen MR) is 66.3 cm³/mol. The first kappa shape index (κ1) is 13.4. The normalized spacial score (nSPS) is 24.0. The molecule has 1 aliphatic heterocycles. The second-order valence-corrected chi connectivity index (χ2v) is 4.69.